The summed E-state index contributed by atoms with van der Waals surface area (Å²) in [5, 5.41) is 2.55. The van der Waals surface area contributed by atoms with E-state index in [4.69, 9.17) is 15.2 Å². The number of ether oxygens (including phenoxy) is 2. The van der Waals surface area contributed by atoms with Crippen molar-refractivity contribution in [2.24, 2.45) is 0 Å². The molecule has 3 N–H and O–H groups in total. The number of anilines is 2. The lowest BCUT2D eigenvalue weighted by molar-refractivity contribution is 0.102. The molecule has 1 heterocycles. The van der Waals surface area contributed by atoms with Crippen LogP contribution in [0.15, 0.2) is 30.6 Å². The molecule has 0 unspecified atom stereocenters. The number of hydrogen-bond acceptors (Lipinski definition) is 6. The lowest BCUT2D eigenvalue weighted by Gasteiger charge is -2.12. The van der Waals surface area contributed by atoms with Crippen LogP contribution < -0.4 is 20.5 Å². The highest BCUT2D eigenvalue weighted by molar-refractivity contribution is 6.07. The van der Waals surface area contributed by atoms with Crippen LogP contribution in [0.1, 0.15) is 10.4 Å². The molecule has 2 aromatic rings. The molecule has 1 aromatic carbocycles. The highest BCUT2D eigenvalue weighted by atomic mass is 16.5. The third-order valence-electron chi connectivity index (χ3n) is 2.59. The monoisotopic (exact) mass is 274 g/mol. The van der Waals surface area contributed by atoms with E-state index in [1.54, 1.807) is 6.07 Å². The largest absolute Gasteiger partial charge is 0.493 e. The van der Waals surface area contributed by atoms with Gasteiger partial charge in [0.15, 0.2) is 11.5 Å². The van der Waals surface area contributed by atoms with Gasteiger partial charge < -0.3 is 15.2 Å². The minimum absolute atomic E-state index is 0.201. The Morgan fingerprint density at radius 1 is 1.15 bits per heavy atom. The van der Waals surface area contributed by atoms with Gasteiger partial charge in [-0.25, -0.2) is 9.97 Å². The Morgan fingerprint density at radius 2 is 1.75 bits per heavy atom. The summed E-state index contributed by atoms with van der Waals surface area (Å²) in [6.07, 6.45) is 3.06. The van der Waals surface area contributed by atoms with Gasteiger partial charge in [-0.15, -0.1) is 0 Å². The van der Waals surface area contributed by atoms with Crippen molar-refractivity contribution < 1.29 is 14.3 Å². The minimum Gasteiger partial charge on any atom is -0.493 e. The average Bonchev–Trinajstić information content (AvgIpc) is 2.47. The molecule has 2 rings (SSSR count). The first-order chi connectivity index (χ1) is 9.65. The number of amides is 1. The predicted octanol–water partition coefficient (Wildman–Crippen LogP) is 1.33. The van der Waals surface area contributed by atoms with E-state index in [1.165, 1.54) is 38.7 Å². The Bertz CT molecular complexity index is 617. The van der Waals surface area contributed by atoms with Crippen LogP contribution in [0.3, 0.4) is 0 Å². The van der Waals surface area contributed by atoms with Gasteiger partial charge in [-0.05, 0) is 12.1 Å². The molecule has 7 heteroatoms. The molecule has 0 radical (unpaired) electrons. The van der Waals surface area contributed by atoms with Gasteiger partial charge in [-0.2, -0.15) is 0 Å². The third kappa shape index (κ3) is 2.77. The van der Waals surface area contributed by atoms with Gasteiger partial charge in [0, 0.05) is 24.1 Å². The van der Waals surface area contributed by atoms with Crippen LogP contribution >= 0.6 is 0 Å². The number of rotatable bonds is 4. The zero-order valence-corrected chi connectivity index (χ0v) is 11.1. The summed E-state index contributed by atoms with van der Waals surface area (Å²) >= 11 is 0. The Balaban J connectivity index is 2.30. The van der Waals surface area contributed by atoms with Crippen molar-refractivity contribution in [1.82, 2.24) is 9.97 Å². The van der Waals surface area contributed by atoms with E-state index in [2.05, 4.69) is 15.3 Å². The van der Waals surface area contributed by atoms with Gasteiger partial charge in [0.1, 0.15) is 0 Å². The van der Waals surface area contributed by atoms with E-state index in [9.17, 15) is 4.79 Å². The van der Waals surface area contributed by atoms with Crippen LogP contribution in [0.2, 0.25) is 0 Å². The van der Waals surface area contributed by atoms with E-state index in [0.29, 0.717) is 11.5 Å². The maximum atomic E-state index is 12.1. The molecule has 0 aliphatic heterocycles. The first-order valence-corrected chi connectivity index (χ1v) is 5.75. The van der Waals surface area contributed by atoms with Crippen molar-refractivity contribution in [2.45, 2.75) is 0 Å². The topological polar surface area (TPSA) is 99.4 Å². The Labute approximate surface area is 115 Å². The standard InChI is InChI=1S/C13H14N4O3/c1-19-10-6-8(9(14)7-11(10)20-2)12(18)17-13-15-4-3-5-16-13/h3-7H,14H2,1-2H3,(H,15,16,17,18). The summed E-state index contributed by atoms with van der Waals surface area (Å²) in [5.74, 6) is 0.652. The number of hydrogen-bond donors (Lipinski definition) is 2. The Morgan fingerprint density at radius 3 is 2.35 bits per heavy atom. The van der Waals surface area contributed by atoms with E-state index in [0.717, 1.165) is 0 Å². The number of aromatic nitrogens is 2. The molecule has 20 heavy (non-hydrogen) atoms. The second-order valence-electron chi connectivity index (χ2n) is 3.82. The molecule has 7 nitrogen and oxygen atoms in total. The lowest BCUT2D eigenvalue weighted by Crippen LogP contribution is -2.16. The fourth-order valence-electron chi connectivity index (χ4n) is 1.62. The second kappa shape index (κ2) is 5.87. The molecule has 0 fully saturated rings. The number of nitrogens with two attached hydrogens (primary N) is 1. The maximum Gasteiger partial charge on any atom is 0.260 e. The number of carbonyl (C=O) groups is 1. The van der Waals surface area contributed by atoms with Crippen LogP contribution in [0.5, 0.6) is 11.5 Å². The first-order valence-electron chi connectivity index (χ1n) is 5.75. The molecule has 104 valence electrons. The number of benzene rings is 1. The highest BCUT2D eigenvalue weighted by Gasteiger charge is 2.16. The number of nitrogens with zero attached hydrogens (tertiary/aromatic N) is 2. The second-order valence-corrected chi connectivity index (χ2v) is 3.82. The fraction of sp³-hybridized carbons (Fsp3) is 0.154. The van der Waals surface area contributed by atoms with Gasteiger partial charge in [-0.3, -0.25) is 10.1 Å². The van der Waals surface area contributed by atoms with Gasteiger partial charge in [0.05, 0.1) is 19.8 Å². The number of methoxy groups -OCH3 is 2. The summed E-state index contributed by atoms with van der Waals surface area (Å²) in [4.78, 5) is 20.0. The molecule has 1 aromatic heterocycles. The summed E-state index contributed by atoms with van der Waals surface area (Å²) in [5.41, 5.74) is 6.37. The molecular formula is C13H14N4O3. The molecule has 0 bridgehead atoms. The number of carbonyl (C=O) groups excluding carboxylic acids is 1. The zero-order chi connectivity index (χ0) is 14.5. The summed E-state index contributed by atoms with van der Waals surface area (Å²) in [6.45, 7) is 0. The normalized spacial score (nSPS) is 9.90. The van der Waals surface area contributed by atoms with E-state index >= 15 is 0 Å². The lowest BCUT2D eigenvalue weighted by atomic mass is 10.1. The van der Waals surface area contributed by atoms with Crippen LogP contribution in [-0.2, 0) is 0 Å². The highest BCUT2D eigenvalue weighted by Crippen LogP contribution is 2.32. The van der Waals surface area contributed by atoms with Crippen molar-refractivity contribution >= 4 is 17.5 Å². The maximum absolute atomic E-state index is 12.1. The van der Waals surface area contributed by atoms with Crippen LogP contribution in [0.4, 0.5) is 11.6 Å². The molecule has 0 saturated carbocycles. The Hall–Kier alpha value is -2.83. The zero-order valence-electron chi connectivity index (χ0n) is 11.1. The van der Waals surface area contributed by atoms with Crippen molar-refractivity contribution in [3.8, 4) is 11.5 Å². The molecule has 0 atom stereocenters. The smallest absolute Gasteiger partial charge is 0.260 e. The van der Waals surface area contributed by atoms with Crippen LogP contribution in [0.25, 0.3) is 0 Å². The van der Waals surface area contributed by atoms with Gasteiger partial charge in [0.25, 0.3) is 5.91 Å². The van der Waals surface area contributed by atoms with Crippen molar-refractivity contribution in [3.63, 3.8) is 0 Å². The molecular weight excluding hydrogens is 260 g/mol. The molecule has 0 aliphatic rings. The van der Waals surface area contributed by atoms with E-state index < -0.39 is 5.91 Å². The van der Waals surface area contributed by atoms with E-state index in [-0.39, 0.29) is 17.2 Å². The summed E-state index contributed by atoms with van der Waals surface area (Å²) in [6, 6.07) is 4.69. The van der Waals surface area contributed by atoms with E-state index in [1.807, 2.05) is 0 Å². The number of nitrogen functional groups attached to an aromatic ring is 1. The number of nitrogens with one attached hydrogen (secondary N) is 1. The quantitative estimate of drug-likeness (QED) is 0.816. The first kappa shape index (κ1) is 13.6. The van der Waals surface area contributed by atoms with Gasteiger partial charge in [0.2, 0.25) is 5.95 Å². The average molecular weight is 274 g/mol. The minimum atomic E-state index is -0.422. The third-order valence-corrected chi connectivity index (χ3v) is 2.59. The molecule has 1 amide bonds. The molecule has 0 spiro atoms. The molecule has 0 saturated heterocycles. The van der Waals surface area contributed by atoms with Crippen LogP contribution in [0, 0.1) is 0 Å². The SMILES string of the molecule is COc1cc(N)c(C(=O)Nc2ncccn2)cc1OC. The van der Waals surface area contributed by atoms with Crippen LogP contribution in [-0.4, -0.2) is 30.1 Å². The summed E-state index contributed by atoms with van der Waals surface area (Å²) in [7, 11) is 2.98. The fourth-order valence-corrected chi connectivity index (χ4v) is 1.62. The van der Waals surface area contributed by atoms with Crippen molar-refractivity contribution in [3.05, 3.63) is 36.2 Å². The predicted molar refractivity (Wildman–Crippen MR) is 73.9 cm³/mol. The van der Waals surface area contributed by atoms with Gasteiger partial charge >= 0.3 is 0 Å². The van der Waals surface area contributed by atoms with Crippen molar-refractivity contribution in [1.29, 1.82) is 0 Å². The van der Waals surface area contributed by atoms with Crippen molar-refractivity contribution in [2.75, 3.05) is 25.3 Å². The van der Waals surface area contributed by atoms with Gasteiger partial charge in [-0.1, -0.05) is 0 Å². The summed E-state index contributed by atoms with van der Waals surface area (Å²) < 4.78 is 10.2. The Kier molecular flexibility index (Phi) is 3.99. The molecule has 0 aliphatic carbocycles.